The molecular formula is C59H47Cl2N7O18. The van der Waals surface area contributed by atoms with E-state index in [4.69, 9.17) is 37.4 Å². The predicted molar refractivity (Wildman–Crippen MR) is 300 cm³/mol. The van der Waals surface area contributed by atoms with Gasteiger partial charge in [0.2, 0.25) is 41.2 Å². The first-order chi connectivity index (χ1) is 41.0. The second kappa shape index (κ2) is 22.6. The van der Waals surface area contributed by atoms with E-state index in [1.54, 1.807) is 12.1 Å². The summed E-state index contributed by atoms with van der Waals surface area (Å²) in [6, 6.07) is 9.50. The Bertz CT molecular complexity index is 4040. The van der Waals surface area contributed by atoms with Crippen molar-refractivity contribution in [1.82, 2.24) is 37.2 Å². The molecule has 6 aliphatic rings. The summed E-state index contributed by atoms with van der Waals surface area (Å²) < 4.78 is 18.5. The number of carboxylic acid groups (broad SMARTS) is 1. The molecule has 6 heterocycles. The van der Waals surface area contributed by atoms with Crippen molar-refractivity contribution >= 4 is 64.6 Å². The number of amides is 6. The van der Waals surface area contributed by atoms with Crippen LogP contribution in [0.1, 0.15) is 75.3 Å². The average molecular weight is 1210 g/mol. The highest BCUT2D eigenvalue weighted by Gasteiger charge is 2.41. The molecule has 0 saturated carbocycles. The van der Waals surface area contributed by atoms with Crippen LogP contribution in [0.4, 0.5) is 0 Å². The number of phenolic OH excluding ortho intramolecular Hbond substituents is 6. The van der Waals surface area contributed by atoms with Crippen molar-refractivity contribution in [2.24, 2.45) is 0 Å². The number of ether oxygens (including phenoxy) is 3. The minimum atomic E-state index is -2.19. The Kier molecular flexibility index (Phi) is 15.1. The van der Waals surface area contributed by atoms with Gasteiger partial charge in [-0.2, -0.15) is 0 Å². The molecule has 25 nitrogen and oxygen atoms in total. The van der Waals surface area contributed by atoms with Gasteiger partial charge >= 0.3 is 5.97 Å². The number of fused-ring (bicyclic) bond motifs is 14. The van der Waals surface area contributed by atoms with Crippen LogP contribution in [-0.4, -0.2) is 101 Å². The van der Waals surface area contributed by atoms with Gasteiger partial charge < -0.3 is 92.3 Å². The number of aromatic hydroxyl groups is 6. The highest BCUT2D eigenvalue weighted by Crippen LogP contribution is 2.48. The van der Waals surface area contributed by atoms with E-state index in [-0.39, 0.29) is 56.5 Å². The van der Waals surface area contributed by atoms with Crippen LogP contribution in [0, 0.1) is 0 Å². The summed E-state index contributed by atoms with van der Waals surface area (Å²) in [7, 11) is 1.46. The maximum Gasteiger partial charge on any atom is 0.330 e. The Morgan fingerprint density at radius 2 is 1.08 bits per heavy atom. The Hall–Kier alpha value is -10.5. The first kappa shape index (κ1) is 57.4. The zero-order valence-electron chi connectivity index (χ0n) is 44.2. The highest BCUT2D eigenvalue weighted by molar-refractivity contribution is 6.32. The normalized spacial score (nSPS) is 21.9. The van der Waals surface area contributed by atoms with E-state index in [1.807, 2.05) is 0 Å². The quantitative estimate of drug-likeness (QED) is 0.105. The smallest absolute Gasteiger partial charge is 0.330 e. The molecule has 17 bridgehead atoms. The largest absolute Gasteiger partial charge is 0.508 e. The molecule has 7 aromatic carbocycles. The summed E-state index contributed by atoms with van der Waals surface area (Å²) in [5, 5.41) is 108. The van der Waals surface area contributed by atoms with Crippen molar-refractivity contribution in [2.45, 2.75) is 54.8 Å². The molecule has 0 spiro atoms. The van der Waals surface area contributed by atoms with Crippen LogP contribution in [0.5, 0.6) is 69.0 Å². The number of carboxylic acids is 1. The van der Waals surface area contributed by atoms with Crippen molar-refractivity contribution in [3.63, 3.8) is 0 Å². The molecule has 0 fully saturated rings. The van der Waals surface area contributed by atoms with Gasteiger partial charge in [0.25, 0.3) is 0 Å². The van der Waals surface area contributed by atoms with Crippen LogP contribution >= 0.6 is 23.2 Å². The van der Waals surface area contributed by atoms with Gasteiger partial charge in [-0.05, 0) is 119 Å². The summed E-state index contributed by atoms with van der Waals surface area (Å²) in [4.78, 5) is 103. The molecule has 6 aliphatic heterocycles. The minimum Gasteiger partial charge on any atom is -0.508 e. The fourth-order valence-electron chi connectivity index (χ4n) is 10.4. The monoisotopic (exact) mass is 1210 g/mol. The second-order valence-corrected chi connectivity index (χ2v) is 21.1. The predicted octanol–water partition coefficient (Wildman–Crippen LogP) is 5.25. The maximum absolute atomic E-state index is 15.7. The minimum absolute atomic E-state index is 0.0482. The third kappa shape index (κ3) is 10.9. The molecule has 8 atom stereocenters. The number of hydrogen-bond acceptors (Lipinski definition) is 18. The number of hydrogen-bond donors (Lipinski definition) is 15. The molecule has 6 amide bonds. The molecule has 27 heteroatoms. The van der Waals surface area contributed by atoms with Crippen LogP contribution < -0.4 is 51.4 Å². The van der Waals surface area contributed by atoms with Crippen LogP contribution in [0.15, 0.2) is 115 Å². The number of rotatable bonds is 2. The van der Waals surface area contributed by atoms with Gasteiger partial charge in [-0.15, -0.1) is 0 Å². The third-order valence-electron chi connectivity index (χ3n) is 14.8. The molecule has 0 radical (unpaired) electrons. The van der Waals surface area contributed by atoms with Gasteiger partial charge in [-0.1, -0.05) is 53.5 Å². The van der Waals surface area contributed by atoms with E-state index in [9.17, 15) is 60.0 Å². The number of aliphatic hydroxyl groups excluding tert-OH is 1. The van der Waals surface area contributed by atoms with Crippen LogP contribution in [-0.2, 0) is 40.0 Å². The van der Waals surface area contributed by atoms with E-state index < -0.39 is 163 Å². The number of nitrogens with one attached hydrogen (secondary N) is 7. The molecule has 86 heavy (non-hydrogen) atoms. The number of aliphatic hydroxyl groups is 1. The zero-order valence-corrected chi connectivity index (χ0v) is 45.7. The van der Waals surface area contributed by atoms with E-state index >= 15 is 14.4 Å². The van der Waals surface area contributed by atoms with E-state index in [1.165, 1.54) is 49.5 Å². The Morgan fingerprint density at radius 3 is 1.76 bits per heavy atom. The van der Waals surface area contributed by atoms with E-state index in [0.29, 0.717) is 5.56 Å². The molecule has 7 aromatic rings. The van der Waals surface area contributed by atoms with Crippen LogP contribution in [0.25, 0.3) is 11.1 Å². The highest BCUT2D eigenvalue weighted by atomic mass is 35.5. The summed E-state index contributed by atoms with van der Waals surface area (Å²) >= 11 is 13.5. The third-order valence-corrected chi connectivity index (χ3v) is 15.3. The summed E-state index contributed by atoms with van der Waals surface area (Å²) in [6.45, 7) is 0. The zero-order chi connectivity index (χ0) is 61.2. The molecule has 13 rings (SSSR count). The maximum atomic E-state index is 15.7. The van der Waals surface area contributed by atoms with Gasteiger partial charge in [-0.25, -0.2) is 4.79 Å². The SMILES string of the molecule is CN[C@@H]1C(=O)N[C@@H]2Cc3ccc(cc3)Oc3cc4cc(c3O)Oc3ccc(cc3Cl)[C@@H](O)[C@@H]3NC(=O)[C@H](NC(=O)[C@@H]4NC(=O)C(NC2=O)c2cc(Cl)c(O)c(c2)Oc2cc1ccc2O)c1ccc(O)c(c1)-c1c(O)cc(O)cc1[C@@H](C(=O)O)NC3=O. The molecule has 0 aromatic heterocycles. The second-order valence-electron chi connectivity index (χ2n) is 20.3. The van der Waals surface area contributed by atoms with Crippen molar-refractivity contribution < 1.29 is 88.6 Å². The molecule has 440 valence electrons. The molecule has 0 aliphatic carbocycles. The number of likely N-dealkylation sites (N-methyl/N-ethyl adjacent to an activating group) is 1. The van der Waals surface area contributed by atoms with Crippen molar-refractivity contribution in [2.75, 3.05) is 7.05 Å². The van der Waals surface area contributed by atoms with Gasteiger partial charge in [0, 0.05) is 29.2 Å². The van der Waals surface area contributed by atoms with Gasteiger partial charge in [0.1, 0.15) is 71.1 Å². The van der Waals surface area contributed by atoms with E-state index in [2.05, 4.69) is 37.2 Å². The molecular weight excluding hydrogens is 1170 g/mol. The lowest BCUT2D eigenvalue weighted by Crippen LogP contribution is -2.55. The first-order valence-corrected chi connectivity index (χ1v) is 26.7. The Labute approximate surface area is 494 Å². The summed E-state index contributed by atoms with van der Waals surface area (Å²) in [5.74, 6) is -14.7. The fourth-order valence-corrected chi connectivity index (χ4v) is 10.9. The van der Waals surface area contributed by atoms with E-state index in [0.717, 1.165) is 60.7 Å². The van der Waals surface area contributed by atoms with Crippen molar-refractivity contribution in [3.8, 4) is 80.1 Å². The topological polar surface area (TPSA) is 393 Å². The number of carbonyl (C=O) groups excluding carboxylic acids is 6. The number of aliphatic carboxylic acids is 1. The van der Waals surface area contributed by atoms with Crippen molar-refractivity contribution in [3.05, 3.63) is 164 Å². The summed E-state index contributed by atoms with van der Waals surface area (Å²) in [5.41, 5.74) is -1.70. The number of benzene rings is 7. The molecule has 0 saturated heterocycles. The summed E-state index contributed by atoms with van der Waals surface area (Å²) in [6.07, 6.45) is -2.36. The standard InChI is InChI=1S/C59H47Cl2N7O18/c1-62-44-24-5-10-36(71)39(16-24)86-40-17-26(15-33(61)51(40)74)46-56(79)66-47-27-18-41(84-29-7-2-22(3-8-29)12-34(53(76)64-46)63-54(44)77)52(75)42(19-27)85-38-11-6-25(14-32(38)60)50(73)49-58(81)67-48(59(82)83)31-20-28(69)21-37(72)43(31)30-13-23(4-9-35(30)70)45(55(78)68-49)65-57(47)80/h2-11,13-21,34,44-50,62,69-75H,12H2,1H3,(H,63,77)(H,64,76)(H,65,80)(H,66,79)(H,67,81)(H,68,78)(H,82,83)/t34-,44+,45-,46?,47-,48+,49+,50-/m1/s1. The number of carbonyl (C=O) groups is 7. The van der Waals surface area contributed by atoms with Gasteiger partial charge in [0.05, 0.1) is 10.0 Å². The fraction of sp³-hybridized carbons (Fsp3) is 0.169. The molecule has 15 N–H and O–H groups in total. The van der Waals surface area contributed by atoms with Crippen LogP contribution in [0.2, 0.25) is 10.0 Å². The Balaban J connectivity index is 1.14. The van der Waals surface area contributed by atoms with Gasteiger partial charge in [0.15, 0.2) is 40.5 Å². The number of halogens is 2. The van der Waals surface area contributed by atoms with Crippen LogP contribution in [0.3, 0.4) is 0 Å². The van der Waals surface area contributed by atoms with Crippen molar-refractivity contribution in [1.29, 1.82) is 0 Å². The first-order valence-electron chi connectivity index (χ1n) is 26.0. The lowest BCUT2D eigenvalue weighted by Gasteiger charge is -2.31. The lowest BCUT2D eigenvalue weighted by atomic mass is 9.89. The lowest BCUT2D eigenvalue weighted by molar-refractivity contribution is -0.143. The number of phenols is 6. The average Bonchev–Trinajstić information content (AvgIpc) is 0.999. The Morgan fingerprint density at radius 1 is 0.512 bits per heavy atom. The van der Waals surface area contributed by atoms with Gasteiger partial charge in [-0.3, -0.25) is 28.8 Å². The molecule has 1 unspecified atom stereocenters.